The Labute approximate surface area is 159 Å². The van der Waals surface area contributed by atoms with E-state index in [1.807, 2.05) is 4.90 Å². The number of nitrogens with zero attached hydrogens (tertiary/aromatic N) is 5. The normalized spacial score (nSPS) is 17.0. The van der Waals surface area contributed by atoms with E-state index < -0.39 is 0 Å². The lowest BCUT2D eigenvalue weighted by molar-refractivity contribution is 0.222. The molecule has 1 aliphatic rings. The molecule has 11 heteroatoms. The second-order valence-electron chi connectivity index (χ2n) is 5.61. The van der Waals surface area contributed by atoms with Crippen molar-refractivity contribution >= 4 is 32.4 Å². The van der Waals surface area contributed by atoms with Crippen LogP contribution in [0.3, 0.4) is 0 Å². The zero-order valence-corrected chi connectivity index (χ0v) is 15.7. The van der Waals surface area contributed by atoms with Gasteiger partial charge in [0.15, 0.2) is 5.01 Å². The molecule has 26 heavy (non-hydrogen) atoms. The van der Waals surface area contributed by atoms with Crippen LogP contribution >= 0.6 is 27.3 Å². The first-order valence-corrected chi connectivity index (χ1v) is 9.37. The SMILES string of the molecule is OCc1nc(-c2nnc(N3CCC(Oc4cc(F)ccc4Br)C3)s2)no1. The van der Waals surface area contributed by atoms with Gasteiger partial charge in [0.1, 0.15) is 24.3 Å². The first kappa shape index (κ1) is 17.3. The minimum Gasteiger partial charge on any atom is -0.487 e. The summed E-state index contributed by atoms with van der Waals surface area (Å²) in [5.41, 5.74) is 0. The summed E-state index contributed by atoms with van der Waals surface area (Å²) in [5, 5.41) is 22.2. The lowest BCUT2D eigenvalue weighted by Gasteiger charge is -2.16. The van der Waals surface area contributed by atoms with Crippen LogP contribution in [-0.4, -0.2) is 44.6 Å². The largest absolute Gasteiger partial charge is 0.487 e. The second-order valence-corrected chi connectivity index (χ2v) is 7.42. The van der Waals surface area contributed by atoms with E-state index in [9.17, 15) is 4.39 Å². The Balaban J connectivity index is 1.43. The predicted molar refractivity (Wildman–Crippen MR) is 94.5 cm³/mol. The van der Waals surface area contributed by atoms with Crippen molar-refractivity contribution in [2.24, 2.45) is 0 Å². The smallest absolute Gasteiger partial charge is 0.252 e. The maximum Gasteiger partial charge on any atom is 0.252 e. The van der Waals surface area contributed by atoms with Gasteiger partial charge in [-0.15, -0.1) is 10.2 Å². The number of hydrogen-bond acceptors (Lipinski definition) is 9. The van der Waals surface area contributed by atoms with Crippen molar-refractivity contribution in [3.8, 4) is 16.6 Å². The maximum atomic E-state index is 13.4. The van der Waals surface area contributed by atoms with E-state index in [1.165, 1.54) is 23.5 Å². The zero-order valence-electron chi connectivity index (χ0n) is 13.3. The summed E-state index contributed by atoms with van der Waals surface area (Å²) in [6.07, 6.45) is 0.709. The second kappa shape index (κ2) is 7.25. The molecule has 0 amide bonds. The molecule has 0 aliphatic carbocycles. The molecule has 4 rings (SSSR count). The molecule has 0 spiro atoms. The van der Waals surface area contributed by atoms with Gasteiger partial charge in [0.05, 0.1) is 11.0 Å². The Bertz CT molecular complexity index is 920. The van der Waals surface area contributed by atoms with Gasteiger partial charge in [-0.3, -0.25) is 0 Å². The van der Waals surface area contributed by atoms with Crippen LogP contribution in [0.5, 0.6) is 5.75 Å². The van der Waals surface area contributed by atoms with E-state index in [2.05, 4.69) is 36.3 Å². The highest BCUT2D eigenvalue weighted by Crippen LogP contribution is 2.32. The third-order valence-electron chi connectivity index (χ3n) is 3.81. The first-order valence-electron chi connectivity index (χ1n) is 7.76. The minimum absolute atomic E-state index is 0.0772. The molecule has 0 saturated carbocycles. The number of halogens is 2. The van der Waals surface area contributed by atoms with Crippen molar-refractivity contribution in [1.82, 2.24) is 20.3 Å². The Morgan fingerprint density at radius 2 is 2.31 bits per heavy atom. The summed E-state index contributed by atoms with van der Waals surface area (Å²) in [6, 6.07) is 4.37. The standard InChI is InChI=1S/C15H13BrFN5O3S/c16-10-2-1-8(17)5-11(10)24-9-3-4-22(6-9)15-20-19-14(26-15)13-18-12(7-23)25-21-13/h1-2,5,9,23H,3-4,6-7H2. The fourth-order valence-electron chi connectivity index (χ4n) is 2.58. The van der Waals surface area contributed by atoms with E-state index in [0.717, 1.165) is 18.1 Å². The fraction of sp³-hybridized carbons (Fsp3) is 0.333. The molecular formula is C15H13BrFN5O3S. The zero-order chi connectivity index (χ0) is 18.1. The van der Waals surface area contributed by atoms with Gasteiger partial charge >= 0.3 is 0 Å². The van der Waals surface area contributed by atoms with Crippen LogP contribution < -0.4 is 9.64 Å². The first-order chi connectivity index (χ1) is 12.6. The summed E-state index contributed by atoms with van der Waals surface area (Å²) in [5.74, 6) is 0.577. The van der Waals surface area contributed by atoms with Crippen LogP contribution in [-0.2, 0) is 6.61 Å². The molecule has 1 aliphatic heterocycles. The quantitative estimate of drug-likeness (QED) is 0.644. The molecule has 0 bridgehead atoms. The molecule has 2 aromatic heterocycles. The van der Waals surface area contributed by atoms with Gasteiger partial charge in [0, 0.05) is 19.0 Å². The highest BCUT2D eigenvalue weighted by Gasteiger charge is 2.28. The van der Waals surface area contributed by atoms with Crippen LogP contribution in [0.1, 0.15) is 12.3 Å². The summed E-state index contributed by atoms with van der Waals surface area (Å²) in [7, 11) is 0. The van der Waals surface area contributed by atoms with Gasteiger partial charge in [-0.05, 0) is 28.1 Å². The number of benzene rings is 1. The van der Waals surface area contributed by atoms with Crippen molar-refractivity contribution in [2.75, 3.05) is 18.0 Å². The number of aromatic nitrogens is 4. The topological polar surface area (TPSA) is 97.4 Å². The monoisotopic (exact) mass is 441 g/mol. The molecule has 1 saturated heterocycles. The fourth-order valence-corrected chi connectivity index (χ4v) is 3.73. The number of hydrogen-bond donors (Lipinski definition) is 1. The predicted octanol–water partition coefficient (Wildman–Crippen LogP) is 2.64. The molecule has 3 heterocycles. The van der Waals surface area contributed by atoms with E-state index in [0.29, 0.717) is 27.6 Å². The van der Waals surface area contributed by atoms with Crippen molar-refractivity contribution in [3.05, 3.63) is 34.4 Å². The molecule has 1 N–H and O–H groups in total. The Kier molecular flexibility index (Phi) is 4.83. The highest BCUT2D eigenvalue weighted by molar-refractivity contribution is 9.10. The average Bonchev–Trinajstić information content (AvgIpc) is 3.37. The van der Waals surface area contributed by atoms with E-state index >= 15 is 0 Å². The van der Waals surface area contributed by atoms with Crippen LogP contribution in [0, 0.1) is 5.82 Å². The van der Waals surface area contributed by atoms with E-state index in [1.54, 1.807) is 6.07 Å². The van der Waals surface area contributed by atoms with Crippen LogP contribution in [0.25, 0.3) is 10.8 Å². The van der Waals surface area contributed by atoms with Gasteiger partial charge in [-0.25, -0.2) is 4.39 Å². The molecule has 1 aromatic carbocycles. The number of rotatable bonds is 5. The molecule has 1 atom stereocenters. The molecule has 1 unspecified atom stereocenters. The summed E-state index contributed by atoms with van der Waals surface area (Å²) in [4.78, 5) is 6.07. The third-order valence-corrected chi connectivity index (χ3v) is 5.45. The molecule has 0 radical (unpaired) electrons. The lowest BCUT2D eigenvalue weighted by atomic mass is 10.3. The Morgan fingerprint density at radius 3 is 3.12 bits per heavy atom. The third kappa shape index (κ3) is 3.55. The van der Waals surface area contributed by atoms with Gasteiger partial charge in [0.25, 0.3) is 5.89 Å². The molecule has 8 nitrogen and oxygen atoms in total. The van der Waals surface area contributed by atoms with Crippen molar-refractivity contribution in [1.29, 1.82) is 0 Å². The highest BCUT2D eigenvalue weighted by atomic mass is 79.9. The number of aliphatic hydroxyl groups is 1. The van der Waals surface area contributed by atoms with Crippen LogP contribution in [0.4, 0.5) is 9.52 Å². The number of aliphatic hydroxyl groups excluding tert-OH is 1. The summed E-state index contributed by atoms with van der Waals surface area (Å²) >= 11 is 4.70. The molecule has 3 aromatic rings. The molecule has 136 valence electrons. The van der Waals surface area contributed by atoms with Crippen molar-refractivity contribution in [3.63, 3.8) is 0 Å². The van der Waals surface area contributed by atoms with Gasteiger partial charge in [-0.1, -0.05) is 16.5 Å². The van der Waals surface area contributed by atoms with Crippen LogP contribution in [0.15, 0.2) is 27.2 Å². The lowest BCUT2D eigenvalue weighted by Crippen LogP contribution is -2.24. The van der Waals surface area contributed by atoms with E-state index in [4.69, 9.17) is 14.4 Å². The summed E-state index contributed by atoms with van der Waals surface area (Å²) < 4.78 is 24.9. The Hall–Kier alpha value is -2.11. The summed E-state index contributed by atoms with van der Waals surface area (Å²) in [6.45, 7) is 1.05. The average molecular weight is 442 g/mol. The molecular weight excluding hydrogens is 429 g/mol. The molecule has 1 fully saturated rings. The van der Waals surface area contributed by atoms with E-state index in [-0.39, 0.29) is 24.4 Å². The number of ether oxygens (including phenoxy) is 1. The van der Waals surface area contributed by atoms with Crippen molar-refractivity contribution in [2.45, 2.75) is 19.1 Å². The van der Waals surface area contributed by atoms with Gasteiger partial charge in [0.2, 0.25) is 11.0 Å². The Morgan fingerprint density at radius 1 is 1.42 bits per heavy atom. The maximum absolute atomic E-state index is 13.4. The minimum atomic E-state index is -0.339. The van der Waals surface area contributed by atoms with Gasteiger partial charge in [-0.2, -0.15) is 4.98 Å². The number of anilines is 1. The van der Waals surface area contributed by atoms with Crippen LogP contribution in [0.2, 0.25) is 0 Å². The van der Waals surface area contributed by atoms with Gasteiger partial charge < -0.3 is 19.3 Å². The van der Waals surface area contributed by atoms with Crippen molar-refractivity contribution < 1.29 is 18.8 Å².